The molecule has 0 bridgehead atoms. The second kappa shape index (κ2) is 8.65. The van der Waals surface area contributed by atoms with E-state index in [1.165, 1.54) is 0 Å². The number of carbonyl (C=O) groups is 1. The van der Waals surface area contributed by atoms with Crippen LogP contribution in [0.15, 0.2) is 53.4 Å². The number of halogens is 1. The number of rotatable bonds is 4. The SMILES string of the molecule is Cc1ccc(-c2ncccn2)c(C(=O)N2CCCC(Oc3ccc(Br)cn3)C2)n1. The summed E-state index contributed by atoms with van der Waals surface area (Å²) in [6, 6.07) is 9.17. The summed E-state index contributed by atoms with van der Waals surface area (Å²) in [5.74, 6) is 0.917. The van der Waals surface area contributed by atoms with Crippen LogP contribution in [-0.2, 0) is 0 Å². The Labute approximate surface area is 177 Å². The number of pyridine rings is 2. The molecule has 1 atom stereocenters. The molecule has 4 rings (SSSR count). The highest BCUT2D eigenvalue weighted by Crippen LogP contribution is 2.23. The molecule has 1 aliphatic rings. The van der Waals surface area contributed by atoms with Gasteiger partial charge in [-0.3, -0.25) is 4.79 Å². The van der Waals surface area contributed by atoms with Crippen molar-refractivity contribution in [3.8, 4) is 17.3 Å². The van der Waals surface area contributed by atoms with Crippen LogP contribution in [0.2, 0.25) is 0 Å². The van der Waals surface area contributed by atoms with Crippen LogP contribution in [0.5, 0.6) is 5.88 Å². The van der Waals surface area contributed by atoms with E-state index in [9.17, 15) is 4.79 Å². The summed E-state index contributed by atoms with van der Waals surface area (Å²) >= 11 is 3.37. The number of hydrogen-bond donors (Lipinski definition) is 0. The first-order valence-electron chi connectivity index (χ1n) is 9.42. The van der Waals surface area contributed by atoms with Gasteiger partial charge in [-0.05, 0) is 60.0 Å². The number of amides is 1. The van der Waals surface area contributed by atoms with Crippen molar-refractivity contribution >= 4 is 21.8 Å². The first-order valence-corrected chi connectivity index (χ1v) is 10.2. The van der Waals surface area contributed by atoms with Crippen LogP contribution in [0.25, 0.3) is 11.4 Å². The fourth-order valence-electron chi connectivity index (χ4n) is 3.31. The number of piperidine rings is 1. The van der Waals surface area contributed by atoms with Gasteiger partial charge in [0.05, 0.1) is 12.1 Å². The van der Waals surface area contributed by atoms with E-state index in [0.29, 0.717) is 36.1 Å². The molecule has 4 heterocycles. The van der Waals surface area contributed by atoms with Crippen molar-refractivity contribution in [3.05, 3.63) is 64.8 Å². The smallest absolute Gasteiger partial charge is 0.273 e. The average molecular weight is 454 g/mol. The molecule has 1 aliphatic heterocycles. The largest absolute Gasteiger partial charge is 0.472 e. The number of nitrogens with zero attached hydrogens (tertiary/aromatic N) is 5. The molecular weight excluding hydrogens is 434 g/mol. The summed E-state index contributed by atoms with van der Waals surface area (Å²) < 4.78 is 6.89. The van der Waals surface area contributed by atoms with Crippen molar-refractivity contribution in [1.82, 2.24) is 24.8 Å². The molecular formula is C21H20BrN5O2. The minimum absolute atomic E-state index is 0.109. The molecule has 0 aromatic carbocycles. The zero-order valence-corrected chi connectivity index (χ0v) is 17.5. The van der Waals surface area contributed by atoms with Crippen LogP contribution in [0.4, 0.5) is 0 Å². The third-order valence-corrected chi connectivity index (χ3v) is 5.17. The molecule has 0 saturated carbocycles. The zero-order valence-electron chi connectivity index (χ0n) is 16.0. The number of carbonyl (C=O) groups excluding carboxylic acids is 1. The number of ether oxygens (including phenoxy) is 1. The van der Waals surface area contributed by atoms with Gasteiger partial charge in [0, 0.05) is 41.4 Å². The van der Waals surface area contributed by atoms with Crippen molar-refractivity contribution in [2.75, 3.05) is 13.1 Å². The Bertz CT molecular complexity index is 998. The molecule has 0 spiro atoms. The molecule has 1 amide bonds. The average Bonchev–Trinajstić information content (AvgIpc) is 2.75. The monoisotopic (exact) mass is 453 g/mol. The van der Waals surface area contributed by atoms with E-state index in [4.69, 9.17) is 4.74 Å². The second-order valence-electron chi connectivity index (χ2n) is 6.87. The highest BCUT2D eigenvalue weighted by Gasteiger charge is 2.28. The van der Waals surface area contributed by atoms with Crippen molar-refractivity contribution in [3.63, 3.8) is 0 Å². The van der Waals surface area contributed by atoms with E-state index in [-0.39, 0.29) is 12.0 Å². The zero-order chi connectivity index (χ0) is 20.2. The molecule has 1 saturated heterocycles. The molecule has 3 aromatic rings. The molecule has 1 fully saturated rings. The topological polar surface area (TPSA) is 81.1 Å². The number of hydrogen-bond acceptors (Lipinski definition) is 6. The molecule has 148 valence electrons. The predicted molar refractivity (Wildman–Crippen MR) is 111 cm³/mol. The Balaban J connectivity index is 1.55. The molecule has 1 unspecified atom stereocenters. The van der Waals surface area contributed by atoms with Gasteiger partial charge in [0.1, 0.15) is 11.8 Å². The summed E-state index contributed by atoms with van der Waals surface area (Å²) in [5.41, 5.74) is 1.79. The highest BCUT2D eigenvalue weighted by atomic mass is 79.9. The quantitative estimate of drug-likeness (QED) is 0.598. The van der Waals surface area contributed by atoms with Gasteiger partial charge in [-0.1, -0.05) is 0 Å². The molecule has 7 nitrogen and oxygen atoms in total. The van der Waals surface area contributed by atoms with Gasteiger partial charge in [0.25, 0.3) is 5.91 Å². The fraction of sp³-hybridized carbons (Fsp3) is 0.286. The molecule has 29 heavy (non-hydrogen) atoms. The van der Waals surface area contributed by atoms with E-state index in [1.54, 1.807) is 29.6 Å². The Hall–Kier alpha value is -2.87. The van der Waals surface area contributed by atoms with Gasteiger partial charge in [0.2, 0.25) is 5.88 Å². The van der Waals surface area contributed by atoms with Gasteiger partial charge in [0.15, 0.2) is 5.82 Å². The van der Waals surface area contributed by atoms with Gasteiger partial charge >= 0.3 is 0 Å². The maximum atomic E-state index is 13.3. The first-order chi connectivity index (χ1) is 14.1. The molecule has 3 aromatic heterocycles. The minimum Gasteiger partial charge on any atom is -0.472 e. The lowest BCUT2D eigenvalue weighted by Crippen LogP contribution is -2.44. The second-order valence-corrected chi connectivity index (χ2v) is 7.78. The van der Waals surface area contributed by atoms with E-state index in [1.807, 2.05) is 31.2 Å². The Kier molecular flexibility index (Phi) is 5.80. The van der Waals surface area contributed by atoms with E-state index in [0.717, 1.165) is 23.0 Å². The van der Waals surface area contributed by atoms with Crippen molar-refractivity contribution in [2.45, 2.75) is 25.9 Å². The van der Waals surface area contributed by atoms with Crippen molar-refractivity contribution in [2.24, 2.45) is 0 Å². The number of aryl methyl sites for hydroxylation is 1. The maximum absolute atomic E-state index is 13.3. The van der Waals surface area contributed by atoms with Crippen molar-refractivity contribution in [1.29, 1.82) is 0 Å². The van der Waals surface area contributed by atoms with Gasteiger partial charge < -0.3 is 9.64 Å². The fourth-order valence-corrected chi connectivity index (χ4v) is 3.54. The Morgan fingerprint density at radius 1 is 1.17 bits per heavy atom. The molecule has 0 radical (unpaired) electrons. The summed E-state index contributed by atoms with van der Waals surface area (Å²) in [6.07, 6.45) is 6.64. The highest BCUT2D eigenvalue weighted by molar-refractivity contribution is 9.10. The summed E-state index contributed by atoms with van der Waals surface area (Å²) in [7, 11) is 0. The number of aromatic nitrogens is 4. The third-order valence-electron chi connectivity index (χ3n) is 4.70. The van der Waals surface area contributed by atoms with Crippen LogP contribution in [-0.4, -0.2) is 49.9 Å². The Morgan fingerprint density at radius 3 is 2.76 bits per heavy atom. The van der Waals surface area contributed by atoms with Gasteiger partial charge in [-0.2, -0.15) is 0 Å². The summed E-state index contributed by atoms with van der Waals surface area (Å²) in [6.45, 7) is 3.02. The summed E-state index contributed by atoms with van der Waals surface area (Å²) in [4.78, 5) is 32.5. The molecule has 8 heteroatoms. The first kappa shape index (κ1) is 19.4. The van der Waals surface area contributed by atoms with Gasteiger partial charge in [-0.25, -0.2) is 19.9 Å². The lowest BCUT2D eigenvalue weighted by Gasteiger charge is -2.32. The molecule has 0 N–H and O–H groups in total. The molecule has 0 aliphatic carbocycles. The van der Waals surface area contributed by atoms with Crippen LogP contribution in [0.1, 0.15) is 29.0 Å². The normalized spacial score (nSPS) is 16.5. The number of likely N-dealkylation sites (tertiary alicyclic amines) is 1. The predicted octanol–water partition coefficient (Wildman–Crippen LogP) is 3.69. The van der Waals surface area contributed by atoms with E-state index >= 15 is 0 Å². The standard InChI is InChI=1S/C21H20BrN5O2/c1-14-5-7-17(20-23-9-3-10-24-20)19(26-14)21(28)27-11-2-4-16(13-27)29-18-8-6-15(22)12-25-18/h3,5-10,12,16H,2,4,11,13H2,1H3. The minimum atomic E-state index is -0.131. The van der Waals surface area contributed by atoms with Crippen LogP contribution < -0.4 is 4.74 Å². The maximum Gasteiger partial charge on any atom is 0.273 e. The Morgan fingerprint density at radius 2 is 2.00 bits per heavy atom. The van der Waals surface area contributed by atoms with Crippen molar-refractivity contribution < 1.29 is 9.53 Å². The third kappa shape index (κ3) is 4.59. The van der Waals surface area contributed by atoms with Crippen LogP contribution in [0.3, 0.4) is 0 Å². The van der Waals surface area contributed by atoms with E-state index in [2.05, 4.69) is 35.9 Å². The summed E-state index contributed by atoms with van der Waals surface area (Å²) in [5, 5.41) is 0. The van der Waals surface area contributed by atoms with Gasteiger partial charge in [-0.15, -0.1) is 0 Å². The lowest BCUT2D eigenvalue weighted by molar-refractivity contribution is 0.0523. The van der Waals surface area contributed by atoms with Crippen LogP contribution in [0, 0.1) is 6.92 Å². The van der Waals surface area contributed by atoms with E-state index < -0.39 is 0 Å². The lowest BCUT2D eigenvalue weighted by atomic mass is 10.1. The van der Waals surface area contributed by atoms with Crippen LogP contribution >= 0.6 is 15.9 Å².